The first-order valence-corrected chi connectivity index (χ1v) is 5.90. The van der Waals surface area contributed by atoms with Crippen LogP contribution in [0.5, 0.6) is 0 Å². The molecule has 0 aliphatic carbocycles. The number of alkyl halides is 2. The summed E-state index contributed by atoms with van der Waals surface area (Å²) in [6.45, 7) is 2.68. The molecule has 0 radical (unpaired) electrons. The van der Waals surface area contributed by atoms with Crippen molar-refractivity contribution in [2.75, 3.05) is 26.3 Å². The smallest absolute Gasteiger partial charge is 0.261 e. The Kier molecular flexibility index (Phi) is 5.77. The molecule has 2 N–H and O–H groups in total. The van der Waals surface area contributed by atoms with E-state index in [9.17, 15) is 13.6 Å². The van der Waals surface area contributed by atoms with E-state index in [1.165, 1.54) is 0 Å². The van der Waals surface area contributed by atoms with Gasteiger partial charge in [-0.3, -0.25) is 4.79 Å². The maximum Gasteiger partial charge on any atom is 0.261 e. The Labute approximate surface area is 100 Å². The SMILES string of the molecule is CC1CC(CN)CN1C(=O)CCOCC(F)F. The highest BCUT2D eigenvalue weighted by Gasteiger charge is 2.31. The molecule has 0 aromatic carbocycles. The number of rotatable bonds is 6. The zero-order valence-electron chi connectivity index (χ0n) is 10.1. The standard InChI is InChI=1S/C11H20F2N2O2/c1-8-4-9(5-14)6-15(8)11(16)2-3-17-7-10(12)13/h8-10H,2-7,14H2,1H3. The minimum atomic E-state index is -2.47. The molecule has 2 atom stereocenters. The van der Waals surface area contributed by atoms with Crippen LogP contribution in [0.3, 0.4) is 0 Å². The van der Waals surface area contributed by atoms with Crippen LogP contribution in [-0.2, 0) is 9.53 Å². The Morgan fingerprint density at radius 2 is 2.29 bits per heavy atom. The van der Waals surface area contributed by atoms with Gasteiger partial charge in [0.05, 0.1) is 13.0 Å². The molecule has 4 nitrogen and oxygen atoms in total. The van der Waals surface area contributed by atoms with Crippen LogP contribution >= 0.6 is 0 Å². The number of ether oxygens (including phenoxy) is 1. The molecule has 0 aromatic rings. The minimum absolute atomic E-state index is 0.0392. The van der Waals surface area contributed by atoms with Crippen LogP contribution in [0.25, 0.3) is 0 Å². The van der Waals surface area contributed by atoms with Crippen LogP contribution in [0, 0.1) is 5.92 Å². The molecule has 0 bridgehead atoms. The predicted octanol–water partition coefficient (Wildman–Crippen LogP) is 0.854. The van der Waals surface area contributed by atoms with Crippen molar-refractivity contribution in [1.82, 2.24) is 4.90 Å². The van der Waals surface area contributed by atoms with E-state index in [1.807, 2.05) is 6.92 Å². The van der Waals surface area contributed by atoms with E-state index in [0.29, 0.717) is 19.0 Å². The van der Waals surface area contributed by atoms with Crippen molar-refractivity contribution in [1.29, 1.82) is 0 Å². The third-order valence-corrected chi connectivity index (χ3v) is 3.02. The third-order valence-electron chi connectivity index (χ3n) is 3.02. The Hall–Kier alpha value is -0.750. The summed E-state index contributed by atoms with van der Waals surface area (Å²) in [6.07, 6.45) is -1.40. The van der Waals surface area contributed by atoms with Crippen LogP contribution in [-0.4, -0.2) is 49.6 Å². The molecule has 0 saturated carbocycles. The van der Waals surface area contributed by atoms with Crippen molar-refractivity contribution in [2.45, 2.75) is 32.2 Å². The fraction of sp³-hybridized carbons (Fsp3) is 0.909. The Morgan fingerprint density at radius 1 is 1.59 bits per heavy atom. The van der Waals surface area contributed by atoms with Crippen LogP contribution < -0.4 is 5.73 Å². The lowest BCUT2D eigenvalue weighted by atomic mass is 10.1. The van der Waals surface area contributed by atoms with Gasteiger partial charge in [0.15, 0.2) is 0 Å². The van der Waals surface area contributed by atoms with E-state index >= 15 is 0 Å². The number of nitrogens with two attached hydrogens (primary N) is 1. The Morgan fingerprint density at radius 3 is 2.82 bits per heavy atom. The molecule has 0 spiro atoms. The second kappa shape index (κ2) is 6.86. The van der Waals surface area contributed by atoms with Crippen molar-refractivity contribution >= 4 is 5.91 Å². The minimum Gasteiger partial charge on any atom is -0.375 e. The van der Waals surface area contributed by atoms with E-state index in [1.54, 1.807) is 4.90 Å². The van der Waals surface area contributed by atoms with Gasteiger partial charge in [0.1, 0.15) is 6.61 Å². The molecule has 1 amide bonds. The largest absolute Gasteiger partial charge is 0.375 e. The highest BCUT2D eigenvalue weighted by atomic mass is 19.3. The summed E-state index contributed by atoms with van der Waals surface area (Å²) in [5, 5.41) is 0. The highest BCUT2D eigenvalue weighted by molar-refractivity contribution is 5.76. The third kappa shape index (κ3) is 4.55. The molecule has 100 valence electrons. The summed E-state index contributed by atoms with van der Waals surface area (Å²) >= 11 is 0. The van der Waals surface area contributed by atoms with Gasteiger partial charge in [-0.1, -0.05) is 0 Å². The second-order valence-corrected chi connectivity index (χ2v) is 4.45. The lowest BCUT2D eigenvalue weighted by Gasteiger charge is -2.21. The second-order valence-electron chi connectivity index (χ2n) is 4.45. The number of likely N-dealkylation sites (tertiary alicyclic amines) is 1. The number of halogens is 2. The van der Waals surface area contributed by atoms with Gasteiger partial charge in [0.25, 0.3) is 6.43 Å². The van der Waals surface area contributed by atoms with Crippen LogP contribution in [0.4, 0.5) is 8.78 Å². The molecule has 1 heterocycles. The monoisotopic (exact) mass is 250 g/mol. The van der Waals surface area contributed by atoms with Gasteiger partial charge in [-0.25, -0.2) is 8.78 Å². The normalized spacial score (nSPS) is 24.6. The van der Waals surface area contributed by atoms with Crippen molar-refractivity contribution in [2.24, 2.45) is 11.7 Å². The number of amides is 1. The molecule has 17 heavy (non-hydrogen) atoms. The van der Waals surface area contributed by atoms with Crippen LogP contribution in [0.15, 0.2) is 0 Å². The number of carbonyl (C=O) groups excluding carboxylic acids is 1. The van der Waals surface area contributed by atoms with Gasteiger partial charge in [0, 0.05) is 12.6 Å². The van der Waals surface area contributed by atoms with Crippen molar-refractivity contribution < 1.29 is 18.3 Å². The van der Waals surface area contributed by atoms with Crippen LogP contribution in [0.2, 0.25) is 0 Å². The number of hydrogen-bond acceptors (Lipinski definition) is 3. The lowest BCUT2D eigenvalue weighted by Crippen LogP contribution is -2.35. The zero-order valence-corrected chi connectivity index (χ0v) is 10.1. The fourth-order valence-corrected chi connectivity index (χ4v) is 2.14. The van der Waals surface area contributed by atoms with Crippen molar-refractivity contribution in [3.05, 3.63) is 0 Å². The zero-order chi connectivity index (χ0) is 12.8. The maximum absolute atomic E-state index is 11.8. The van der Waals surface area contributed by atoms with Gasteiger partial charge >= 0.3 is 0 Å². The average molecular weight is 250 g/mol. The van der Waals surface area contributed by atoms with Gasteiger partial charge in [-0.2, -0.15) is 0 Å². The number of carbonyl (C=O) groups is 1. The van der Waals surface area contributed by atoms with E-state index < -0.39 is 13.0 Å². The van der Waals surface area contributed by atoms with Gasteiger partial charge in [-0.15, -0.1) is 0 Å². The predicted molar refractivity (Wildman–Crippen MR) is 59.8 cm³/mol. The van der Waals surface area contributed by atoms with Gasteiger partial charge in [-0.05, 0) is 25.8 Å². The van der Waals surface area contributed by atoms with E-state index in [-0.39, 0.29) is 25.0 Å². The summed E-state index contributed by atoms with van der Waals surface area (Å²) in [5.41, 5.74) is 5.57. The van der Waals surface area contributed by atoms with Gasteiger partial charge < -0.3 is 15.4 Å². The molecule has 1 fully saturated rings. The summed E-state index contributed by atoms with van der Waals surface area (Å²) in [4.78, 5) is 13.5. The molecule has 6 heteroatoms. The van der Waals surface area contributed by atoms with E-state index in [2.05, 4.69) is 0 Å². The quantitative estimate of drug-likeness (QED) is 0.711. The first kappa shape index (κ1) is 14.3. The Balaban J connectivity index is 2.23. The topological polar surface area (TPSA) is 55.6 Å². The average Bonchev–Trinajstić information content (AvgIpc) is 2.65. The molecular weight excluding hydrogens is 230 g/mol. The molecule has 1 aliphatic heterocycles. The molecule has 1 saturated heterocycles. The summed E-state index contributed by atoms with van der Waals surface area (Å²) in [7, 11) is 0. The maximum atomic E-state index is 11.8. The van der Waals surface area contributed by atoms with Gasteiger partial charge in [0.2, 0.25) is 5.91 Å². The number of hydrogen-bond donors (Lipinski definition) is 1. The molecule has 1 rings (SSSR count). The molecule has 1 aliphatic rings. The molecular formula is C11H20F2N2O2. The molecule has 2 unspecified atom stereocenters. The lowest BCUT2D eigenvalue weighted by molar-refractivity contribution is -0.133. The summed E-state index contributed by atoms with van der Waals surface area (Å²) in [6, 6.07) is 0.186. The fourth-order valence-electron chi connectivity index (χ4n) is 2.14. The van der Waals surface area contributed by atoms with E-state index in [4.69, 9.17) is 10.5 Å². The summed E-state index contributed by atoms with van der Waals surface area (Å²) in [5.74, 6) is 0.318. The van der Waals surface area contributed by atoms with Crippen molar-refractivity contribution in [3.63, 3.8) is 0 Å². The highest BCUT2D eigenvalue weighted by Crippen LogP contribution is 2.22. The first-order chi connectivity index (χ1) is 8.04. The van der Waals surface area contributed by atoms with E-state index in [0.717, 1.165) is 6.42 Å². The summed E-state index contributed by atoms with van der Waals surface area (Å²) < 4.78 is 28.3. The first-order valence-electron chi connectivity index (χ1n) is 5.90. The van der Waals surface area contributed by atoms with Crippen LogP contribution in [0.1, 0.15) is 19.8 Å². The Bertz CT molecular complexity index is 252. The number of nitrogens with zero attached hydrogens (tertiary/aromatic N) is 1. The molecule has 0 aromatic heterocycles. The van der Waals surface area contributed by atoms with Crippen molar-refractivity contribution in [3.8, 4) is 0 Å².